The van der Waals surface area contributed by atoms with E-state index in [-0.39, 0.29) is 20.3 Å². The van der Waals surface area contributed by atoms with Crippen LogP contribution in [0.15, 0.2) is 0 Å². The molecular formula is C18H34. The molecule has 0 N–H and O–H groups in total. The number of rotatable bonds is 2. The molecule has 0 saturated heterocycles. The van der Waals surface area contributed by atoms with Gasteiger partial charge < -0.3 is 0 Å². The van der Waals surface area contributed by atoms with Gasteiger partial charge in [-0.05, 0) is 79.8 Å². The van der Waals surface area contributed by atoms with Crippen LogP contribution in [0.1, 0.15) is 75.4 Å². The van der Waals surface area contributed by atoms with Gasteiger partial charge in [0, 0.05) is 0 Å². The van der Waals surface area contributed by atoms with Crippen LogP contribution in [0.4, 0.5) is 0 Å². The second-order valence-corrected chi connectivity index (χ2v) is 5.74. The molecule has 0 amide bonds. The molecule has 0 aromatic heterocycles. The van der Waals surface area contributed by atoms with E-state index in [0.717, 1.165) is 0 Å². The zero-order valence-corrected chi connectivity index (χ0v) is 12.2. The first-order valence-electron chi connectivity index (χ1n) is 6.31. The van der Waals surface area contributed by atoms with Crippen LogP contribution < -0.4 is 0 Å². The summed E-state index contributed by atoms with van der Waals surface area (Å²) in [5.74, 6) is 0. The summed E-state index contributed by atoms with van der Waals surface area (Å²) in [4.78, 5) is 0. The molecule has 0 bridgehead atoms. The van der Waals surface area contributed by atoms with Gasteiger partial charge in [-0.3, -0.25) is 0 Å². The molecule has 0 aliphatic heterocycles. The summed E-state index contributed by atoms with van der Waals surface area (Å²) in [5.41, 5.74) is 9.25. The van der Waals surface area contributed by atoms with Crippen LogP contribution in [-0.2, 0) is 5.41 Å². The first-order chi connectivity index (χ1) is 7.24. The molecule has 1 aromatic carbocycles. The van der Waals surface area contributed by atoms with E-state index >= 15 is 0 Å². The minimum Gasteiger partial charge on any atom is -0.0776 e. The molecule has 0 fully saturated rings. The summed E-state index contributed by atoms with van der Waals surface area (Å²) in [5, 5.41) is 0. The fourth-order valence-electron chi connectivity index (χ4n) is 2.69. The van der Waals surface area contributed by atoms with Gasteiger partial charge in [0.2, 0.25) is 0 Å². The first-order valence-corrected chi connectivity index (χ1v) is 6.31. The summed E-state index contributed by atoms with van der Waals surface area (Å²) < 4.78 is 0. The third-order valence-electron chi connectivity index (χ3n) is 4.56. The van der Waals surface area contributed by atoms with Gasteiger partial charge in [0.05, 0.1) is 0 Å². The Kier molecular flexibility index (Phi) is 6.96. The van der Waals surface area contributed by atoms with Crippen LogP contribution >= 0.6 is 0 Å². The van der Waals surface area contributed by atoms with Crippen molar-refractivity contribution in [3.63, 3.8) is 0 Å². The van der Waals surface area contributed by atoms with Gasteiger partial charge in [-0.15, -0.1) is 0 Å². The Bertz CT molecular complexity index is 380. The summed E-state index contributed by atoms with van der Waals surface area (Å²) in [6, 6.07) is 0. The number of hydrogen-bond donors (Lipinski definition) is 0. The Morgan fingerprint density at radius 1 is 0.667 bits per heavy atom. The average molecular weight is 250 g/mol. The predicted octanol–water partition coefficient (Wildman–Crippen LogP) is 6.19. The Hall–Kier alpha value is -0.780. The van der Waals surface area contributed by atoms with Crippen molar-refractivity contribution in [1.29, 1.82) is 0 Å². The van der Waals surface area contributed by atoms with Crippen molar-refractivity contribution in [1.82, 2.24) is 0 Å². The van der Waals surface area contributed by atoms with Crippen LogP contribution in [-0.4, -0.2) is 0 Å². The fraction of sp³-hybridized carbons (Fsp3) is 0.667. The molecule has 0 unspecified atom stereocenters. The molecule has 0 atom stereocenters. The summed E-state index contributed by atoms with van der Waals surface area (Å²) in [6.07, 6.45) is 1.19. The van der Waals surface area contributed by atoms with Crippen molar-refractivity contribution in [2.75, 3.05) is 0 Å². The van der Waals surface area contributed by atoms with Crippen LogP contribution in [0.25, 0.3) is 0 Å². The predicted molar refractivity (Wildman–Crippen MR) is 86.9 cm³/mol. The second kappa shape index (κ2) is 6.41. The highest BCUT2D eigenvalue weighted by molar-refractivity contribution is 5.52. The maximum atomic E-state index is 2.36. The lowest BCUT2D eigenvalue weighted by Gasteiger charge is -2.30. The first kappa shape index (κ1) is 19.6. The summed E-state index contributed by atoms with van der Waals surface area (Å²) in [7, 11) is 0. The van der Waals surface area contributed by atoms with Crippen molar-refractivity contribution < 1.29 is 0 Å². The molecule has 18 heavy (non-hydrogen) atoms. The lowest BCUT2D eigenvalue weighted by Crippen LogP contribution is -2.20. The Morgan fingerprint density at radius 2 is 0.944 bits per heavy atom. The van der Waals surface area contributed by atoms with Gasteiger partial charge in [0.1, 0.15) is 0 Å². The van der Waals surface area contributed by atoms with E-state index in [9.17, 15) is 0 Å². The third kappa shape index (κ3) is 2.96. The van der Waals surface area contributed by atoms with Crippen molar-refractivity contribution >= 4 is 0 Å². The van der Waals surface area contributed by atoms with Crippen LogP contribution in [0, 0.1) is 34.6 Å². The monoisotopic (exact) mass is 250 g/mol. The van der Waals surface area contributed by atoms with Gasteiger partial charge in [-0.2, -0.15) is 0 Å². The molecule has 0 aliphatic rings. The Labute approximate surface area is 116 Å². The van der Waals surface area contributed by atoms with Crippen LogP contribution in [0.2, 0.25) is 0 Å². The topological polar surface area (TPSA) is 0 Å². The highest BCUT2D eigenvalue weighted by Gasteiger charge is 2.25. The van der Waals surface area contributed by atoms with Crippen LogP contribution in [0.3, 0.4) is 0 Å². The Morgan fingerprint density at radius 3 is 1.22 bits per heavy atom. The zero-order chi connectivity index (χ0) is 12.7. The summed E-state index contributed by atoms with van der Waals surface area (Å²) in [6.45, 7) is 18.3. The van der Waals surface area contributed by atoms with Gasteiger partial charge in [0.15, 0.2) is 0 Å². The molecule has 0 spiro atoms. The molecule has 0 nitrogen and oxygen atoms in total. The zero-order valence-electron chi connectivity index (χ0n) is 12.2. The average Bonchev–Trinajstić information content (AvgIpc) is 2.23. The lowest BCUT2D eigenvalue weighted by molar-refractivity contribution is 0.499. The SMILES string of the molecule is C.C.CCC(C)(C)c1c(C)c(C)c(C)c(C)c1C. The van der Waals surface area contributed by atoms with E-state index in [1.54, 1.807) is 5.56 Å². The van der Waals surface area contributed by atoms with Crippen molar-refractivity contribution in [3.8, 4) is 0 Å². The van der Waals surface area contributed by atoms with Crippen molar-refractivity contribution in [2.24, 2.45) is 0 Å². The van der Waals surface area contributed by atoms with Gasteiger partial charge in [-0.1, -0.05) is 35.6 Å². The van der Waals surface area contributed by atoms with Gasteiger partial charge in [0.25, 0.3) is 0 Å². The highest BCUT2D eigenvalue weighted by atomic mass is 14.3. The molecule has 0 heterocycles. The molecule has 0 saturated carbocycles. The minimum atomic E-state index is 0. The standard InChI is InChI=1S/C16H26.2CH4/c1-9-16(7,8)15-13(5)11(3)10(2)12(4)14(15)6;;/h9H2,1-8H3;2*1H4. The number of benzene rings is 1. The Balaban J connectivity index is 0. The summed E-state index contributed by atoms with van der Waals surface area (Å²) >= 11 is 0. The van der Waals surface area contributed by atoms with E-state index in [2.05, 4.69) is 55.4 Å². The van der Waals surface area contributed by atoms with Crippen molar-refractivity contribution in [3.05, 3.63) is 33.4 Å². The minimum absolute atomic E-state index is 0. The molecule has 1 aromatic rings. The maximum absolute atomic E-state index is 2.36. The maximum Gasteiger partial charge on any atom is -0.0101 e. The number of hydrogen-bond acceptors (Lipinski definition) is 0. The molecule has 0 aliphatic carbocycles. The van der Waals surface area contributed by atoms with Gasteiger partial charge >= 0.3 is 0 Å². The fourth-order valence-corrected chi connectivity index (χ4v) is 2.69. The molecule has 0 radical (unpaired) electrons. The molecule has 106 valence electrons. The van der Waals surface area contributed by atoms with Gasteiger partial charge in [-0.25, -0.2) is 0 Å². The highest BCUT2D eigenvalue weighted by Crippen LogP contribution is 2.36. The third-order valence-corrected chi connectivity index (χ3v) is 4.56. The molecular weight excluding hydrogens is 216 g/mol. The largest absolute Gasteiger partial charge is 0.0776 e. The van der Waals surface area contributed by atoms with E-state index in [1.807, 2.05) is 0 Å². The van der Waals surface area contributed by atoms with E-state index < -0.39 is 0 Å². The van der Waals surface area contributed by atoms with E-state index in [4.69, 9.17) is 0 Å². The van der Waals surface area contributed by atoms with Crippen LogP contribution in [0.5, 0.6) is 0 Å². The lowest BCUT2D eigenvalue weighted by atomic mass is 9.74. The second-order valence-electron chi connectivity index (χ2n) is 5.74. The molecule has 1 rings (SSSR count). The van der Waals surface area contributed by atoms with Crippen molar-refractivity contribution in [2.45, 2.75) is 82.1 Å². The van der Waals surface area contributed by atoms with E-state index in [0.29, 0.717) is 0 Å². The quantitative estimate of drug-likeness (QED) is 0.587. The van der Waals surface area contributed by atoms with E-state index in [1.165, 1.54) is 34.2 Å². The molecule has 0 heteroatoms. The normalized spacial score (nSPS) is 10.7. The smallest absolute Gasteiger partial charge is 0.0101 e.